The molecule has 78 valence electrons. The van der Waals surface area contributed by atoms with Gasteiger partial charge in [-0.2, -0.15) is 0 Å². The van der Waals surface area contributed by atoms with Crippen LogP contribution in [0.4, 0.5) is 0 Å². The molecule has 1 heterocycles. The number of rotatable bonds is 5. The van der Waals surface area contributed by atoms with Gasteiger partial charge in [0.05, 0.1) is 0 Å². The van der Waals surface area contributed by atoms with Gasteiger partial charge in [0.15, 0.2) is 0 Å². The Morgan fingerprint density at radius 3 is 3.00 bits per heavy atom. The molecule has 0 aliphatic heterocycles. The summed E-state index contributed by atoms with van der Waals surface area (Å²) in [4.78, 5) is 0. The zero-order chi connectivity index (χ0) is 10.4. The standard InChI is InChI=1S/C7H12N4O2S/c1-5-9-10-7(13-5)14-4-2-3-6(8)11-12/h12H,2-4H2,1H3,(H2,8,11). The van der Waals surface area contributed by atoms with Gasteiger partial charge in [-0.25, -0.2) is 0 Å². The molecule has 0 bridgehead atoms. The molecular formula is C7H12N4O2S. The summed E-state index contributed by atoms with van der Waals surface area (Å²) in [5.74, 6) is 1.61. The minimum atomic E-state index is 0.243. The van der Waals surface area contributed by atoms with Crippen molar-refractivity contribution < 1.29 is 9.62 Å². The van der Waals surface area contributed by atoms with E-state index in [1.807, 2.05) is 0 Å². The quantitative estimate of drug-likeness (QED) is 0.190. The van der Waals surface area contributed by atoms with Crippen molar-refractivity contribution in [3.63, 3.8) is 0 Å². The number of nitrogens with zero attached hydrogens (tertiary/aromatic N) is 3. The highest BCUT2D eigenvalue weighted by Gasteiger charge is 2.02. The Morgan fingerprint density at radius 2 is 2.43 bits per heavy atom. The monoisotopic (exact) mass is 216 g/mol. The highest BCUT2D eigenvalue weighted by molar-refractivity contribution is 7.99. The first kappa shape index (κ1) is 10.8. The van der Waals surface area contributed by atoms with Crippen LogP contribution in [0.25, 0.3) is 0 Å². The van der Waals surface area contributed by atoms with Crippen LogP contribution in [-0.4, -0.2) is 27.0 Å². The fourth-order valence-electron chi connectivity index (χ4n) is 0.800. The molecule has 0 saturated heterocycles. The molecule has 0 aliphatic rings. The lowest BCUT2D eigenvalue weighted by molar-refractivity contribution is 0.317. The Morgan fingerprint density at radius 1 is 1.64 bits per heavy atom. The first-order chi connectivity index (χ1) is 6.72. The summed E-state index contributed by atoms with van der Waals surface area (Å²) in [6.45, 7) is 1.74. The molecule has 0 fully saturated rings. The molecule has 0 amide bonds. The molecule has 0 radical (unpaired) electrons. The average molecular weight is 216 g/mol. The molecule has 1 aromatic rings. The van der Waals surface area contributed by atoms with Crippen LogP contribution in [0.5, 0.6) is 0 Å². The fourth-order valence-corrected chi connectivity index (χ4v) is 1.54. The SMILES string of the molecule is Cc1nnc(SCCCC(N)=NO)o1. The van der Waals surface area contributed by atoms with Gasteiger partial charge < -0.3 is 15.4 Å². The van der Waals surface area contributed by atoms with E-state index < -0.39 is 0 Å². The third-order valence-electron chi connectivity index (χ3n) is 1.44. The fraction of sp³-hybridized carbons (Fsp3) is 0.571. The van der Waals surface area contributed by atoms with Gasteiger partial charge in [-0.05, 0) is 6.42 Å². The lowest BCUT2D eigenvalue weighted by Gasteiger charge is -1.96. The van der Waals surface area contributed by atoms with Crippen LogP contribution in [0.3, 0.4) is 0 Å². The smallest absolute Gasteiger partial charge is 0.276 e. The molecule has 0 aliphatic carbocycles. The number of amidine groups is 1. The molecule has 7 heteroatoms. The van der Waals surface area contributed by atoms with Gasteiger partial charge in [0.1, 0.15) is 5.84 Å². The molecule has 1 rings (SSSR count). The molecule has 6 nitrogen and oxygen atoms in total. The Balaban J connectivity index is 2.16. The van der Waals surface area contributed by atoms with Crippen molar-refractivity contribution in [2.45, 2.75) is 25.0 Å². The largest absolute Gasteiger partial charge is 0.416 e. The Hall–Kier alpha value is -1.24. The first-order valence-electron chi connectivity index (χ1n) is 4.11. The summed E-state index contributed by atoms with van der Waals surface area (Å²) in [6, 6.07) is 0. The van der Waals surface area contributed by atoms with Crippen molar-refractivity contribution in [2.24, 2.45) is 10.9 Å². The number of nitrogens with two attached hydrogens (primary N) is 1. The summed E-state index contributed by atoms with van der Waals surface area (Å²) in [5, 5.41) is 19.2. The van der Waals surface area contributed by atoms with Crippen LogP contribution in [0.15, 0.2) is 14.8 Å². The molecule has 14 heavy (non-hydrogen) atoms. The molecule has 0 saturated carbocycles. The maximum atomic E-state index is 8.27. The van der Waals surface area contributed by atoms with E-state index >= 15 is 0 Å². The minimum Gasteiger partial charge on any atom is -0.416 e. The molecule has 0 spiro atoms. The highest BCUT2D eigenvalue weighted by atomic mass is 32.2. The van der Waals surface area contributed by atoms with Crippen molar-refractivity contribution in [3.8, 4) is 0 Å². The lowest BCUT2D eigenvalue weighted by Crippen LogP contribution is -2.11. The predicted molar refractivity (Wildman–Crippen MR) is 52.4 cm³/mol. The van der Waals surface area contributed by atoms with Crippen molar-refractivity contribution in [2.75, 3.05) is 5.75 Å². The molecule has 1 aromatic heterocycles. The third-order valence-corrected chi connectivity index (χ3v) is 2.34. The van der Waals surface area contributed by atoms with Gasteiger partial charge in [0.25, 0.3) is 5.22 Å². The van der Waals surface area contributed by atoms with Crippen LogP contribution >= 0.6 is 11.8 Å². The third kappa shape index (κ3) is 3.65. The van der Waals surface area contributed by atoms with Gasteiger partial charge in [0.2, 0.25) is 5.89 Å². The summed E-state index contributed by atoms with van der Waals surface area (Å²) in [5.41, 5.74) is 5.30. The van der Waals surface area contributed by atoms with Gasteiger partial charge in [-0.1, -0.05) is 16.9 Å². The van der Waals surface area contributed by atoms with Crippen LogP contribution in [0.2, 0.25) is 0 Å². The number of aromatic nitrogens is 2. The van der Waals surface area contributed by atoms with E-state index in [2.05, 4.69) is 15.4 Å². The van der Waals surface area contributed by atoms with Crippen LogP contribution in [0, 0.1) is 6.92 Å². The normalized spacial score (nSPS) is 11.9. The van der Waals surface area contributed by atoms with Crippen LogP contribution in [-0.2, 0) is 0 Å². The maximum Gasteiger partial charge on any atom is 0.276 e. The molecule has 0 atom stereocenters. The van der Waals surface area contributed by atoms with Gasteiger partial charge in [0, 0.05) is 19.1 Å². The number of hydrogen-bond donors (Lipinski definition) is 2. The predicted octanol–water partition coefficient (Wildman–Crippen LogP) is 0.997. The molecule has 0 aromatic carbocycles. The number of aryl methyl sites for hydroxylation is 1. The summed E-state index contributed by atoms with van der Waals surface area (Å²) < 4.78 is 5.15. The second kappa shape index (κ2) is 5.48. The van der Waals surface area contributed by atoms with E-state index in [9.17, 15) is 0 Å². The number of thioether (sulfide) groups is 1. The van der Waals surface area contributed by atoms with Crippen molar-refractivity contribution in [1.82, 2.24) is 10.2 Å². The van der Waals surface area contributed by atoms with Crippen molar-refractivity contribution >= 4 is 17.6 Å². The highest BCUT2D eigenvalue weighted by Crippen LogP contribution is 2.16. The summed E-state index contributed by atoms with van der Waals surface area (Å²) in [6.07, 6.45) is 1.37. The average Bonchev–Trinajstić information content (AvgIpc) is 2.58. The molecular weight excluding hydrogens is 204 g/mol. The Bertz CT molecular complexity index is 312. The molecule has 3 N–H and O–H groups in total. The minimum absolute atomic E-state index is 0.243. The van der Waals surface area contributed by atoms with Crippen LogP contribution in [0.1, 0.15) is 18.7 Å². The van der Waals surface area contributed by atoms with Crippen molar-refractivity contribution in [3.05, 3.63) is 5.89 Å². The van der Waals surface area contributed by atoms with E-state index in [1.165, 1.54) is 11.8 Å². The van der Waals surface area contributed by atoms with E-state index in [1.54, 1.807) is 6.92 Å². The molecule has 0 unspecified atom stereocenters. The van der Waals surface area contributed by atoms with E-state index in [-0.39, 0.29) is 5.84 Å². The van der Waals surface area contributed by atoms with E-state index in [4.69, 9.17) is 15.4 Å². The Kier molecular flexibility index (Phi) is 4.24. The second-order valence-electron chi connectivity index (χ2n) is 2.63. The van der Waals surface area contributed by atoms with E-state index in [0.717, 1.165) is 12.2 Å². The summed E-state index contributed by atoms with van der Waals surface area (Å²) in [7, 11) is 0. The van der Waals surface area contributed by atoms with Gasteiger partial charge in [-0.15, -0.1) is 10.2 Å². The number of oxime groups is 1. The Labute approximate surface area is 85.6 Å². The lowest BCUT2D eigenvalue weighted by atomic mass is 10.3. The first-order valence-corrected chi connectivity index (χ1v) is 5.10. The van der Waals surface area contributed by atoms with Crippen LogP contribution < -0.4 is 5.73 Å². The van der Waals surface area contributed by atoms with Gasteiger partial charge >= 0.3 is 0 Å². The second-order valence-corrected chi connectivity index (χ2v) is 3.68. The van der Waals surface area contributed by atoms with Gasteiger partial charge in [-0.3, -0.25) is 0 Å². The zero-order valence-corrected chi connectivity index (χ0v) is 8.62. The van der Waals surface area contributed by atoms with E-state index in [0.29, 0.717) is 17.5 Å². The topological polar surface area (TPSA) is 97.5 Å². The number of hydrogen-bond acceptors (Lipinski definition) is 6. The maximum absolute atomic E-state index is 8.27. The zero-order valence-electron chi connectivity index (χ0n) is 7.80. The summed E-state index contributed by atoms with van der Waals surface area (Å²) >= 11 is 1.46. The van der Waals surface area contributed by atoms with Crippen molar-refractivity contribution in [1.29, 1.82) is 0 Å².